The first-order chi connectivity index (χ1) is 10.8. The number of amides is 1. The molecule has 2 unspecified atom stereocenters. The summed E-state index contributed by atoms with van der Waals surface area (Å²) in [5.74, 6) is -0.646. The molecule has 0 saturated carbocycles. The Hall–Kier alpha value is -2.04. The van der Waals surface area contributed by atoms with Gasteiger partial charge in [-0.15, -0.1) is 0 Å². The molecule has 0 aromatic heterocycles. The van der Waals surface area contributed by atoms with Gasteiger partial charge in [-0.25, -0.2) is 4.79 Å². The van der Waals surface area contributed by atoms with Crippen molar-refractivity contribution in [2.75, 3.05) is 13.7 Å². The monoisotopic (exact) mass is 319 g/mol. The molecule has 0 bridgehead atoms. The van der Waals surface area contributed by atoms with Gasteiger partial charge in [0.1, 0.15) is 5.60 Å². The third-order valence-corrected chi connectivity index (χ3v) is 4.03. The quantitative estimate of drug-likeness (QED) is 0.866. The Morgan fingerprint density at radius 1 is 1.30 bits per heavy atom. The molecule has 5 heteroatoms. The van der Waals surface area contributed by atoms with E-state index < -0.39 is 17.6 Å². The Morgan fingerprint density at radius 3 is 2.65 bits per heavy atom. The molecule has 1 aromatic carbocycles. The zero-order valence-corrected chi connectivity index (χ0v) is 14.2. The number of nitrogens with one attached hydrogen (secondary N) is 1. The molecule has 1 aromatic rings. The number of hydrogen-bond donors (Lipinski definition) is 1. The van der Waals surface area contributed by atoms with Crippen molar-refractivity contribution < 1.29 is 19.1 Å². The molecule has 126 valence electrons. The lowest BCUT2D eigenvalue weighted by Crippen LogP contribution is -2.39. The molecule has 1 aliphatic rings. The lowest BCUT2D eigenvalue weighted by atomic mass is 9.87. The number of ether oxygens (including phenoxy) is 2. The van der Waals surface area contributed by atoms with Gasteiger partial charge in [0.2, 0.25) is 0 Å². The van der Waals surface area contributed by atoms with Gasteiger partial charge in [-0.05, 0) is 50.7 Å². The summed E-state index contributed by atoms with van der Waals surface area (Å²) in [6, 6.07) is 8.13. The van der Waals surface area contributed by atoms with E-state index in [4.69, 9.17) is 9.47 Å². The number of carbonyl (C=O) groups excluding carboxylic acids is 2. The second-order valence-electron chi connectivity index (χ2n) is 6.86. The molecule has 0 heterocycles. The van der Waals surface area contributed by atoms with Crippen LogP contribution in [0.4, 0.5) is 4.79 Å². The summed E-state index contributed by atoms with van der Waals surface area (Å²) in [7, 11) is 1.38. The Balaban J connectivity index is 2.07. The first-order valence-corrected chi connectivity index (χ1v) is 7.94. The summed E-state index contributed by atoms with van der Waals surface area (Å²) >= 11 is 0. The third kappa shape index (κ3) is 4.47. The molecule has 0 spiro atoms. The predicted molar refractivity (Wildman–Crippen MR) is 87.2 cm³/mol. The molecule has 5 nitrogen and oxygen atoms in total. The first kappa shape index (κ1) is 17.3. The lowest BCUT2D eigenvalue weighted by Gasteiger charge is -2.24. The highest BCUT2D eigenvalue weighted by Crippen LogP contribution is 2.38. The molecule has 1 N–H and O–H groups in total. The van der Waals surface area contributed by atoms with Gasteiger partial charge in [-0.2, -0.15) is 0 Å². The van der Waals surface area contributed by atoms with Gasteiger partial charge < -0.3 is 14.8 Å². The molecule has 23 heavy (non-hydrogen) atoms. The van der Waals surface area contributed by atoms with Crippen LogP contribution >= 0.6 is 0 Å². The Kier molecular flexibility index (Phi) is 5.29. The molecular weight excluding hydrogens is 294 g/mol. The van der Waals surface area contributed by atoms with Crippen LogP contribution in [0.2, 0.25) is 0 Å². The minimum Gasteiger partial charge on any atom is -0.469 e. The van der Waals surface area contributed by atoms with Crippen LogP contribution < -0.4 is 5.32 Å². The largest absolute Gasteiger partial charge is 0.469 e. The van der Waals surface area contributed by atoms with E-state index in [0.717, 1.165) is 12.8 Å². The van der Waals surface area contributed by atoms with Crippen molar-refractivity contribution in [2.24, 2.45) is 5.92 Å². The number of carbonyl (C=O) groups is 2. The molecule has 0 radical (unpaired) electrons. The molecule has 2 rings (SSSR count). The summed E-state index contributed by atoms with van der Waals surface area (Å²) in [4.78, 5) is 24.0. The van der Waals surface area contributed by atoms with E-state index >= 15 is 0 Å². The zero-order valence-electron chi connectivity index (χ0n) is 14.2. The van der Waals surface area contributed by atoms with E-state index in [1.165, 1.54) is 18.2 Å². The maximum absolute atomic E-state index is 12.2. The normalized spacial score (nSPS) is 18.0. The van der Waals surface area contributed by atoms with Crippen molar-refractivity contribution in [3.8, 4) is 0 Å². The van der Waals surface area contributed by atoms with Gasteiger partial charge in [-0.1, -0.05) is 24.3 Å². The van der Waals surface area contributed by atoms with Gasteiger partial charge in [0.25, 0.3) is 0 Å². The molecule has 1 aliphatic carbocycles. The number of methoxy groups -OCH3 is 1. The minimum atomic E-state index is -0.565. The van der Waals surface area contributed by atoms with Crippen molar-refractivity contribution in [3.05, 3.63) is 35.4 Å². The fourth-order valence-corrected chi connectivity index (χ4v) is 3.06. The van der Waals surface area contributed by atoms with Gasteiger partial charge >= 0.3 is 12.1 Å². The summed E-state index contributed by atoms with van der Waals surface area (Å²) in [6.07, 6.45) is 1.31. The lowest BCUT2D eigenvalue weighted by molar-refractivity contribution is -0.146. The maximum atomic E-state index is 12.2. The highest BCUT2D eigenvalue weighted by Gasteiger charge is 2.35. The van der Waals surface area contributed by atoms with Crippen LogP contribution in [0.1, 0.15) is 44.2 Å². The fourth-order valence-electron chi connectivity index (χ4n) is 3.06. The van der Waals surface area contributed by atoms with Crippen LogP contribution in [-0.4, -0.2) is 31.3 Å². The summed E-state index contributed by atoms with van der Waals surface area (Å²) < 4.78 is 10.2. The Labute approximate surface area is 137 Å². The van der Waals surface area contributed by atoms with Crippen LogP contribution in [-0.2, 0) is 20.7 Å². The van der Waals surface area contributed by atoms with E-state index in [1.54, 1.807) is 20.8 Å². The van der Waals surface area contributed by atoms with E-state index in [-0.39, 0.29) is 18.4 Å². The van der Waals surface area contributed by atoms with Crippen LogP contribution in [0.5, 0.6) is 0 Å². The van der Waals surface area contributed by atoms with E-state index in [0.29, 0.717) is 0 Å². The van der Waals surface area contributed by atoms with Crippen LogP contribution in [0.15, 0.2) is 24.3 Å². The van der Waals surface area contributed by atoms with Gasteiger partial charge in [0.15, 0.2) is 0 Å². The van der Waals surface area contributed by atoms with Crippen molar-refractivity contribution >= 4 is 12.1 Å². The SMILES string of the molecule is COC(=O)C(CNC(=O)OC(C)(C)C)C1CCc2ccccc21. The molecule has 0 fully saturated rings. The zero-order chi connectivity index (χ0) is 17.0. The highest BCUT2D eigenvalue weighted by atomic mass is 16.6. The minimum absolute atomic E-state index is 0.0635. The van der Waals surface area contributed by atoms with Crippen LogP contribution in [0, 0.1) is 5.92 Å². The number of benzene rings is 1. The van der Waals surface area contributed by atoms with Crippen molar-refractivity contribution in [3.63, 3.8) is 0 Å². The summed E-state index contributed by atoms with van der Waals surface area (Å²) in [6.45, 7) is 5.62. The number of alkyl carbamates (subject to hydrolysis) is 1. The fraction of sp³-hybridized carbons (Fsp3) is 0.556. The standard InChI is InChI=1S/C18H25NO4/c1-18(2,3)23-17(21)19-11-15(16(20)22-4)14-10-9-12-7-5-6-8-13(12)14/h5-8,14-15H,9-11H2,1-4H3,(H,19,21). The maximum Gasteiger partial charge on any atom is 0.407 e. The molecule has 0 saturated heterocycles. The number of hydrogen-bond acceptors (Lipinski definition) is 4. The second kappa shape index (κ2) is 7.02. The Bertz CT molecular complexity index is 577. The summed E-state index contributed by atoms with van der Waals surface area (Å²) in [5.41, 5.74) is 1.88. The van der Waals surface area contributed by atoms with Crippen molar-refractivity contribution in [2.45, 2.75) is 45.1 Å². The topological polar surface area (TPSA) is 64.6 Å². The number of esters is 1. The van der Waals surface area contributed by atoms with E-state index in [9.17, 15) is 9.59 Å². The number of aryl methyl sites for hydroxylation is 1. The van der Waals surface area contributed by atoms with Crippen molar-refractivity contribution in [1.82, 2.24) is 5.32 Å². The molecular formula is C18H25NO4. The van der Waals surface area contributed by atoms with Gasteiger partial charge in [0, 0.05) is 6.54 Å². The number of fused-ring (bicyclic) bond motifs is 1. The van der Waals surface area contributed by atoms with E-state index in [1.807, 2.05) is 12.1 Å². The van der Waals surface area contributed by atoms with E-state index in [2.05, 4.69) is 17.4 Å². The molecule has 0 aliphatic heterocycles. The average molecular weight is 319 g/mol. The predicted octanol–water partition coefficient (Wildman–Crippen LogP) is 3.03. The highest BCUT2D eigenvalue weighted by molar-refractivity contribution is 5.75. The first-order valence-electron chi connectivity index (χ1n) is 7.94. The van der Waals surface area contributed by atoms with Gasteiger partial charge in [0.05, 0.1) is 13.0 Å². The number of rotatable bonds is 4. The second-order valence-corrected chi connectivity index (χ2v) is 6.86. The smallest absolute Gasteiger partial charge is 0.407 e. The molecule has 2 atom stereocenters. The van der Waals surface area contributed by atoms with Gasteiger partial charge in [-0.3, -0.25) is 4.79 Å². The summed E-state index contributed by atoms with van der Waals surface area (Å²) in [5, 5.41) is 2.70. The van der Waals surface area contributed by atoms with Crippen molar-refractivity contribution in [1.29, 1.82) is 0 Å². The molecule has 1 amide bonds. The van der Waals surface area contributed by atoms with Crippen LogP contribution in [0.25, 0.3) is 0 Å². The Morgan fingerprint density at radius 2 is 2.00 bits per heavy atom. The third-order valence-electron chi connectivity index (χ3n) is 4.03. The van der Waals surface area contributed by atoms with Crippen LogP contribution in [0.3, 0.4) is 0 Å². The average Bonchev–Trinajstić information content (AvgIpc) is 2.89.